The van der Waals surface area contributed by atoms with Crippen molar-refractivity contribution in [1.82, 2.24) is 15.1 Å². The Morgan fingerprint density at radius 2 is 1.72 bits per heavy atom. The van der Waals surface area contributed by atoms with Gasteiger partial charge in [-0.1, -0.05) is 23.2 Å². The van der Waals surface area contributed by atoms with Gasteiger partial charge < -0.3 is 15.1 Å². The number of carbonyl (C=O) groups excluding carboxylic acids is 1. The fourth-order valence-electron chi connectivity index (χ4n) is 3.53. The normalized spacial score (nSPS) is 22.5. The molecule has 1 aromatic rings. The molecule has 0 bridgehead atoms. The van der Waals surface area contributed by atoms with Crippen LogP contribution in [0, 0.1) is 0 Å². The van der Waals surface area contributed by atoms with Crippen LogP contribution in [-0.2, 0) is 4.79 Å². The first-order chi connectivity index (χ1) is 11.9. The average Bonchev–Trinajstić information content (AvgIpc) is 2.60. The number of hydrogen-bond donors (Lipinski definition) is 1. The zero-order valence-corrected chi connectivity index (χ0v) is 16.4. The van der Waals surface area contributed by atoms with E-state index in [1.807, 2.05) is 17.0 Å². The van der Waals surface area contributed by atoms with E-state index in [0.29, 0.717) is 16.1 Å². The minimum Gasteiger partial charge on any atom is -0.368 e. The summed E-state index contributed by atoms with van der Waals surface area (Å²) in [5, 5.41) is 4.66. The van der Waals surface area contributed by atoms with Crippen molar-refractivity contribution >= 4 is 34.8 Å². The molecule has 0 unspecified atom stereocenters. The molecule has 0 spiro atoms. The maximum Gasteiger partial charge on any atom is 0.241 e. The highest BCUT2D eigenvalue weighted by molar-refractivity contribution is 6.35. The predicted molar refractivity (Wildman–Crippen MR) is 104 cm³/mol. The van der Waals surface area contributed by atoms with Gasteiger partial charge in [0.25, 0.3) is 0 Å². The van der Waals surface area contributed by atoms with Gasteiger partial charge in [0.05, 0.1) is 6.04 Å². The lowest BCUT2D eigenvalue weighted by molar-refractivity contribution is -0.135. The topological polar surface area (TPSA) is 38.8 Å². The van der Waals surface area contributed by atoms with Gasteiger partial charge in [-0.3, -0.25) is 9.69 Å². The number of nitrogens with zero attached hydrogens (tertiary/aromatic N) is 3. The largest absolute Gasteiger partial charge is 0.368 e. The van der Waals surface area contributed by atoms with Gasteiger partial charge in [-0.2, -0.15) is 0 Å². The molecule has 1 N–H and O–H groups in total. The van der Waals surface area contributed by atoms with Crippen LogP contribution in [0.1, 0.15) is 13.8 Å². The van der Waals surface area contributed by atoms with Crippen LogP contribution >= 0.6 is 23.2 Å². The van der Waals surface area contributed by atoms with Gasteiger partial charge in [-0.15, -0.1) is 0 Å². The summed E-state index contributed by atoms with van der Waals surface area (Å²) in [5.74, 6) is 0.217. The van der Waals surface area contributed by atoms with E-state index in [1.54, 1.807) is 6.07 Å². The average molecular weight is 385 g/mol. The van der Waals surface area contributed by atoms with Crippen molar-refractivity contribution in [3.05, 3.63) is 28.2 Å². The lowest BCUT2D eigenvalue weighted by Crippen LogP contribution is -2.61. The van der Waals surface area contributed by atoms with Crippen LogP contribution in [-0.4, -0.2) is 73.6 Å². The Kier molecular flexibility index (Phi) is 6.10. The molecular weight excluding hydrogens is 359 g/mol. The Morgan fingerprint density at radius 1 is 1.08 bits per heavy atom. The van der Waals surface area contributed by atoms with E-state index in [0.717, 1.165) is 51.5 Å². The molecule has 7 heteroatoms. The maximum absolute atomic E-state index is 12.8. The summed E-state index contributed by atoms with van der Waals surface area (Å²) in [7, 11) is 0. The lowest BCUT2D eigenvalue weighted by Gasteiger charge is -2.41. The number of hydrogen-bond acceptors (Lipinski definition) is 4. The summed E-state index contributed by atoms with van der Waals surface area (Å²) in [6, 6.07) is 5.97. The van der Waals surface area contributed by atoms with E-state index in [2.05, 4.69) is 29.0 Å². The number of carbonyl (C=O) groups is 1. The summed E-state index contributed by atoms with van der Waals surface area (Å²) < 4.78 is 0. The first-order valence-electron chi connectivity index (χ1n) is 8.91. The fourth-order valence-corrected chi connectivity index (χ4v) is 4.05. The van der Waals surface area contributed by atoms with Gasteiger partial charge in [-0.05, 0) is 32.0 Å². The standard InChI is InChI=1S/C18H26Cl2N4O/c1-13(2)24-4-3-21-17(12-24)18(25)23-7-5-22(6-8-23)16-10-14(19)9-15(20)11-16/h9-11,13,17,21H,3-8,12H2,1-2H3/t17-/m1/s1. The molecule has 1 aromatic carbocycles. The first-order valence-corrected chi connectivity index (χ1v) is 9.67. The Labute approximate surface area is 159 Å². The van der Waals surface area contributed by atoms with E-state index >= 15 is 0 Å². The van der Waals surface area contributed by atoms with Gasteiger partial charge >= 0.3 is 0 Å². The third-order valence-corrected chi connectivity index (χ3v) is 5.48. The van der Waals surface area contributed by atoms with Crippen LogP contribution < -0.4 is 10.2 Å². The third-order valence-electron chi connectivity index (χ3n) is 5.04. The summed E-state index contributed by atoms with van der Waals surface area (Å²) in [6.07, 6.45) is 0. The van der Waals surface area contributed by atoms with Crippen molar-refractivity contribution in [3.8, 4) is 0 Å². The Bertz CT molecular complexity index is 597. The van der Waals surface area contributed by atoms with Gasteiger partial charge in [0, 0.05) is 67.6 Å². The number of halogens is 2. The first kappa shape index (κ1) is 18.8. The minimum absolute atomic E-state index is 0.0942. The molecule has 5 nitrogen and oxygen atoms in total. The van der Waals surface area contributed by atoms with Gasteiger partial charge in [-0.25, -0.2) is 0 Å². The SMILES string of the molecule is CC(C)N1CCN[C@@H](C(=O)N2CCN(c3cc(Cl)cc(Cl)c3)CC2)C1. The zero-order valence-electron chi connectivity index (χ0n) is 14.8. The smallest absolute Gasteiger partial charge is 0.241 e. The third kappa shape index (κ3) is 4.59. The minimum atomic E-state index is -0.0942. The van der Waals surface area contributed by atoms with Crippen LogP contribution in [0.15, 0.2) is 18.2 Å². The number of amides is 1. The van der Waals surface area contributed by atoms with E-state index in [9.17, 15) is 4.79 Å². The van der Waals surface area contributed by atoms with Crippen LogP contribution in [0.5, 0.6) is 0 Å². The predicted octanol–water partition coefficient (Wildman–Crippen LogP) is 2.32. The summed E-state index contributed by atoms with van der Waals surface area (Å²) in [4.78, 5) is 19.4. The molecular formula is C18H26Cl2N4O. The van der Waals surface area contributed by atoms with Crippen LogP contribution in [0.4, 0.5) is 5.69 Å². The lowest BCUT2D eigenvalue weighted by atomic mass is 10.1. The highest BCUT2D eigenvalue weighted by Gasteiger charge is 2.31. The molecule has 0 aliphatic carbocycles. The molecule has 2 heterocycles. The fraction of sp³-hybridized carbons (Fsp3) is 0.611. The zero-order chi connectivity index (χ0) is 18.0. The maximum atomic E-state index is 12.8. The second-order valence-electron chi connectivity index (χ2n) is 7.04. The Morgan fingerprint density at radius 3 is 2.32 bits per heavy atom. The molecule has 2 saturated heterocycles. The summed E-state index contributed by atoms with van der Waals surface area (Å²) in [6.45, 7) is 10.1. The summed E-state index contributed by atoms with van der Waals surface area (Å²) in [5.41, 5.74) is 1.02. The van der Waals surface area contributed by atoms with Gasteiger partial charge in [0.1, 0.15) is 0 Å². The molecule has 3 rings (SSSR count). The van der Waals surface area contributed by atoms with Crippen LogP contribution in [0.2, 0.25) is 10.0 Å². The number of anilines is 1. The monoisotopic (exact) mass is 384 g/mol. The van der Waals surface area contributed by atoms with Gasteiger partial charge in [0.15, 0.2) is 0 Å². The Balaban J connectivity index is 1.57. The van der Waals surface area contributed by atoms with E-state index in [4.69, 9.17) is 23.2 Å². The number of benzene rings is 1. The van der Waals surface area contributed by atoms with E-state index in [1.165, 1.54) is 0 Å². The number of rotatable bonds is 3. The van der Waals surface area contributed by atoms with Crippen molar-refractivity contribution in [2.75, 3.05) is 50.7 Å². The second kappa shape index (κ2) is 8.12. The summed E-state index contributed by atoms with van der Waals surface area (Å²) >= 11 is 12.2. The van der Waals surface area contributed by atoms with Crippen molar-refractivity contribution in [2.24, 2.45) is 0 Å². The molecule has 2 aliphatic rings. The second-order valence-corrected chi connectivity index (χ2v) is 7.91. The molecule has 0 aromatic heterocycles. The van der Waals surface area contributed by atoms with Crippen LogP contribution in [0.25, 0.3) is 0 Å². The molecule has 1 atom stereocenters. The van der Waals surface area contributed by atoms with Crippen molar-refractivity contribution < 1.29 is 4.79 Å². The molecule has 0 radical (unpaired) electrons. The van der Waals surface area contributed by atoms with Crippen molar-refractivity contribution in [2.45, 2.75) is 25.9 Å². The van der Waals surface area contributed by atoms with E-state index < -0.39 is 0 Å². The molecule has 2 fully saturated rings. The molecule has 25 heavy (non-hydrogen) atoms. The molecule has 2 aliphatic heterocycles. The molecule has 1 amide bonds. The van der Waals surface area contributed by atoms with Crippen molar-refractivity contribution in [3.63, 3.8) is 0 Å². The van der Waals surface area contributed by atoms with Crippen LogP contribution in [0.3, 0.4) is 0 Å². The van der Waals surface area contributed by atoms with E-state index in [-0.39, 0.29) is 11.9 Å². The molecule has 138 valence electrons. The quantitative estimate of drug-likeness (QED) is 0.867. The highest BCUT2D eigenvalue weighted by Crippen LogP contribution is 2.26. The van der Waals surface area contributed by atoms with Crippen molar-refractivity contribution in [1.29, 1.82) is 0 Å². The number of nitrogens with one attached hydrogen (secondary N) is 1. The number of piperazine rings is 2. The highest BCUT2D eigenvalue weighted by atomic mass is 35.5. The van der Waals surface area contributed by atoms with Gasteiger partial charge in [0.2, 0.25) is 5.91 Å². The Hall–Kier alpha value is -1.01. The molecule has 0 saturated carbocycles.